The molecule has 0 unspecified atom stereocenters. The largest absolute Gasteiger partial charge is 0.311 e. The van der Waals surface area contributed by atoms with E-state index in [1.165, 1.54) is 17.0 Å². The lowest BCUT2D eigenvalue weighted by Gasteiger charge is -2.18. The van der Waals surface area contributed by atoms with Crippen molar-refractivity contribution < 1.29 is 13.2 Å². The Hall–Kier alpha value is -2.66. The summed E-state index contributed by atoms with van der Waals surface area (Å²) < 4.78 is 23.3. The summed E-state index contributed by atoms with van der Waals surface area (Å²) in [7, 11) is -1.67. The number of hydrogen-bond donors (Lipinski definition) is 0. The number of amides is 1. The van der Waals surface area contributed by atoms with Gasteiger partial charge in [0.2, 0.25) is 0 Å². The number of carbonyl (C=O) groups excluding carboxylic acids is 1. The summed E-state index contributed by atoms with van der Waals surface area (Å²) in [4.78, 5) is 14.4. The normalized spacial score (nSPS) is 11.4. The topological polar surface area (TPSA) is 54.5 Å². The van der Waals surface area contributed by atoms with Crippen LogP contribution in [0.5, 0.6) is 0 Å². The molecule has 24 heavy (non-hydrogen) atoms. The van der Waals surface area contributed by atoms with Gasteiger partial charge >= 0.3 is 0 Å². The number of rotatable bonds is 3. The lowest BCUT2D eigenvalue weighted by atomic mass is 10.1. The molecule has 0 aliphatic rings. The zero-order valence-electron chi connectivity index (χ0n) is 13.4. The Morgan fingerprint density at radius 2 is 1.58 bits per heavy atom. The van der Waals surface area contributed by atoms with Gasteiger partial charge in [-0.05, 0) is 41.1 Å². The predicted octanol–water partition coefficient (Wildman–Crippen LogP) is 3.52. The summed E-state index contributed by atoms with van der Waals surface area (Å²) >= 11 is 0. The number of sulfone groups is 1. The van der Waals surface area contributed by atoms with Gasteiger partial charge in [-0.1, -0.05) is 36.4 Å². The van der Waals surface area contributed by atoms with Crippen LogP contribution >= 0.6 is 0 Å². The first-order chi connectivity index (χ1) is 11.4. The molecule has 0 atom stereocenters. The number of anilines is 1. The zero-order chi connectivity index (χ0) is 17.3. The van der Waals surface area contributed by atoms with E-state index in [-0.39, 0.29) is 10.8 Å². The molecule has 0 aliphatic heterocycles. The van der Waals surface area contributed by atoms with Crippen LogP contribution in [0.1, 0.15) is 10.4 Å². The summed E-state index contributed by atoms with van der Waals surface area (Å²) in [5, 5.41) is 2.14. The molecule has 0 saturated carbocycles. The Bertz CT molecular complexity index is 1030. The second-order valence-corrected chi connectivity index (χ2v) is 7.71. The highest BCUT2D eigenvalue weighted by molar-refractivity contribution is 7.90. The van der Waals surface area contributed by atoms with Crippen LogP contribution in [-0.2, 0) is 9.84 Å². The Morgan fingerprint density at radius 1 is 0.875 bits per heavy atom. The fourth-order valence-corrected chi connectivity index (χ4v) is 3.22. The number of fused-ring (bicyclic) bond motifs is 1. The van der Waals surface area contributed by atoms with Crippen molar-refractivity contribution in [3.05, 3.63) is 72.3 Å². The first-order valence-electron chi connectivity index (χ1n) is 7.43. The van der Waals surface area contributed by atoms with E-state index in [0.29, 0.717) is 5.56 Å². The molecule has 4 nitrogen and oxygen atoms in total. The third kappa shape index (κ3) is 3.16. The molecule has 5 heteroatoms. The highest BCUT2D eigenvalue weighted by Crippen LogP contribution is 2.23. The van der Waals surface area contributed by atoms with Crippen LogP contribution in [-0.4, -0.2) is 27.6 Å². The van der Waals surface area contributed by atoms with Gasteiger partial charge in [-0.2, -0.15) is 0 Å². The van der Waals surface area contributed by atoms with Crippen LogP contribution < -0.4 is 4.90 Å². The number of carbonyl (C=O) groups is 1. The maximum atomic E-state index is 12.7. The van der Waals surface area contributed by atoms with E-state index in [2.05, 4.69) is 0 Å². The van der Waals surface area contributed by atoms with Crippen molar-refractivity contribution in [2.45, 2.75) is 4.90 Å². The minimum atomic E-state index is -3.35. The SMILES string of the molecule is CN(C(=O)c1cccc(S(C)(=O)=O)c1)c1ccc2ccccc2c1. The lowest BCUT2D eigenvalue weighted by molar-refractivity contribution is 0.0993. The van der Waals surface area contributed by atoms with Crippen LogP contribution in [0.25, 0.3) is 10.8 Å². The van der Waals surface area contributed by atoms with Gasteiger partial charge < -0.3 is 4.90 Å². The van der Waals surface area contributed by atoms with Gasteiger partial charge in [0, 0.05) is 24.6 Å². The van der Waals surface area contributed by atoms with Gasteiger partial charge in [0.25, 0.3) is 5.91 Å². The predicted molar refractivity (Wildman–Crippen MR) is 96.2 cm³/mol. The van der Waals surface area contributed by atoms with E-state index in [9.17, 15) is 13.2 Å². The van der Waals surface area contributed by atoms with Crippen molar-refractivity contribution in [2.75, 3.05) is 18.2 Å². The molecule has 3 aromatic carbocycles. The fraction of sp³-hybridized carbons (Fsp3) is 0.105. The van der Waals surface area contributed by atoms with Crippen LogP contribution in [0.15, 0.2) is 71.6 Å². The first-order valence-corrected chi connectivity index (χ1v) is 9.32. The number of benzene rings is 3. The molecule has 122 valence electrons. The Labute approximate surface area is 141 Å². The van der Waals surface area contributed by atoms with Crippen LogP contribution in [0.3, 0.4) is 0 Å². The summed E-state index contributed by atoms with van der Waals surface area (Å²) in [6.07, 6.45) is 1.13. The summed E-state index contributed by atoms with van der Waals surface area (Å²) in [5.41, 5.74) is 1.09. The standard InChI is InChI=1S/C19H17NO3S/c1-20(17-11-10-14-6-3-4-7-15(14)12-17)19(21)16-8-5-9-18(13-16)24(2,22)23/h3-13H,1-2H3. The Kier molecular flexibility index (Phi) is 4.11. The minimum Gasteiger partial charge on any atom is -0.311 e. The van der Waals surface area contributed by atoms with E-state index < -0.39 is 9.84 Å². The fourth-order valence-electron chi connectivity index (χ4n) is 2.56. The maximum Gasteiger partial charge on any atom is 0.258 e. The molecular formula is C19H17NO3S. The number of nitrogens with zero attached hydrogens (tertiary/aromatic N) is 1. The van der Waals surface area contributed by atoms with Gasteiger partial charge in [0.05, 0.1) is 4.90 Å². The van der Waals surface area contributed by atoms with Crippen molar-refractivity contribution in [2.24, 2.45) is 0 Å². The van der Waals surface area contributed by atoms with Crippen molar-refractivity contribution in [1.82, 2.24) is 0 Å². The molecule has 0 spiro atoms. The highest BCUT2D eigenvalue weighted by atomic mass is 32.2. The lowest BCUT2D eigenvalue weighted by Crippen LogP contribution is -2.26. The minimum absolute atomic E-state index is 0.139. The molecule has 3 rings (SSSR count). The molecule has 0 aromatic heterocycles. The van der Waals surface area contributed by atoms with E-state index in [4.69, 9.17) is 0 Å². The number of hydrogen-bond acceptors (Lipinski definition) is 3. The molecule has 0 fully saturated rings. The molecule has 0 N–H and O–H groups in total. The van der Waals surface area contributed by atoms with Crippen molar-refractivity contribution in [3.63, 3.8) is 0 Å². The van der Waals surface area contributed by atoms with Gasteiger partial charge in [-0.15, -0.1) is 0 Å². The Morgan fingerprint density at radius 3 is 2.29 bits per heavy atom. The Balaban J connectivity index is 1.96. The molecule has 0 saturated heterocycles. The van der Waals surface area contributed by atoms with E-state index in [1.54, 1.807) is 19.2 Å². The van der Waals surface area contributed by atoms with E-state index >= 15 is 0 Å². The maximum absolute atomic E-state index is 12.7. The molecule has 0 heterocycles. The van der Waals surface area contributed by atoms with Crippen LogP contribution in [0, 0.1) is 0 Å². The van der Waals surface area contributed by atoms with E-state index in [0.717, 1.165) is 22.7 Å². The van der Waals surface area contributed by atoms with Gasteiger partial charge in [0.15, 0.2) is 9.84 Å². The first kappa shape index (κ1) is 16.2. The van der Waals surface area contributed by atoms with Crippen molar-refractivity contribution in [1.29, 1.82) is 0 Å². The third-order valence-electron chi connectivity index (χ3n) is 3.93. The summed E-state index contributed by atoms with van der Waals surface area (Å²) in [6, 6.07) is 19.8. The quantitative estimate of drug-likeness (QED) is 0.734. The smallest absolute Gasteiger partial charge is 0.258 e. The van der Waals surface area contributed by atoms with Gasteiger partial charge in [-0.25, -0.2) is 8.42 Å². The average molecular weight is 339 g/mol. The summed E-state index contributed by atoms with van der Waals surface area (Å²) in [6.45, 7) is 0. The second-order valence-electron chi connectivity index (χ2n) is 5.70. The van der Waals surface area contributed by atoms with Crippen molar-refractivity contribution in [3.8, 4) is 0 Å². The molecular weight excluding hydrogens is 322 g/mol. The van der Waals surface area contributed by atoms with Gasteiger partial charge in [-0.3, -0.25) is 4.79 Å². The highest BCUT2D eigenvalue weighted by Gasteiger charge is 2.16. The van der Waals surface area contributed by atoms with Gasteiger partial charge in [0.1, 0.15) is 0 Å². The van der Waals surface area contributed by atoms with Crippen molar-refractivity contribution >= 4 is 32.2 Å². The monoisotopic (exact) mass is 339 g/mol. The van der Waals surface area contributed by atoms with Crippen LogP contribution in [0.2, 0.25) is 0 Å². The zero-order valence-corrected chi connectivity index (χ0v) is 14.2. The third-order valence-corrected chi connectivity index (χ3v) is 5.04. The molecule has 0 bridgehead atoms. The second kappa shape index (κ2) is 6.09. The molecule has 3 aromatic rings. The van der Waals surface area contributed by atoms with E-state index in [1.807, 2.05) is 42.5 Å². The molecule has 1 amide bonds. The molecule has 0 aliphatic carbocycles. The molecule has 0 radical (unpaired) electrons. The summed E-state index contributed by atoms with van der Waals surface area (Å²) in [5.74, 6) is -0.254. The van der Waals surface area contributed by atoms with Crippen LogP contribution in [0.4, 0.5) is 5.69 Å². The average Bonchev–Trinajstić information content (AvgIpc) is 2.59.